The van der Waals surface area contributed by atoms with Crippen LogP contribution in [-0.2, 0) is 14.6 Å². The Hall–Kier alpha value is -2.41. The molecule has 1 amide bonds. The molecule has 0 aliphatic rings. The van der Waals surface area contributed by atoms with Crippen molar-refractivity contribution in [2.45, 2.75) is 17.7 Å². The zero-order valence-electron chi connectivity index (χ0n) is 13.2. The summed E-state index contributed by atoms with van der Waals surface area (Å²) in [7, 11) is -3.23. The second kappa shape index (κ2) is 7.92. The Morgan fingerprint density at radius 1 is 1.12 bits per heavy atom. The highest BCUT2D eigenvalue weighted by molar-refractivity contribution is 7.90. The first kappa shape index (κ1) is 17.9. The molecule has 1 N–H and O–H groups in total. The highest BCUT2D eigenvalue weighted by Crippen LogP contribution is 2.16. The van der Waals surface area contributed by atoms with Crippen LogP contribution in [0.4, 0.5) is 10.1 Å². The van der Waals surface area contributed by atoms with Crippen LogP contribution in [0.3, 0.4) is 0 Å². The second-order valence-corrected chi connectivity index (χ2v) is 7.24. The molecule has 128 valence electrons. The first-order valence-corrected chi connectivity index (χ1v) is 9.23. The van der Waals surface area contributed by atoms with Crippen LogP contribution in [0.15, 0.2) is 53.4 Å². The van der Waals surface area contributed by atoms with Crippen LogP contribution >= 0.6 is 0 Å². The van der Waals surface area contributed by atoms with Gasteiger partial charge < -0.3 is 10.1 Å². The van der Waals surface area contributed by atoms with Gasteiger partial charge in [-0.25, -0.2) is 12.8 Å². The summed E-state index contributed by atoms with van der Waals surface area (Å²) in [5, 5.41) is 2.50. The lowest BCUT2D eigenvalue weighted by atomic mass is 10.2. The number of rotatable bonds is 7. The average Bonchev–Trinajstić information content (AvgIpc) is 2.53. The number of nitrogens with one attached hydrogen (secondary N) is 1. The van der Waals surface area contributed by atoms with Gasteiger partial charge in [-0.15, -0.1) is 0 Å². The van der Waals surface area contributed by atoms with Gasteiger partial charge in [-0.05, 0) is 42.8 Å². The van der Waals surface area contributed by atoms with Gasteiger partial charge in [-0.3, -0.25) is 4.79 Å². The number of carbonyl (C=O) groups is 1. The van der Waals surface area contributed by atoms with E-state index in [4.69, 9.17) is 4.74 Å². The number of carbonyl (C=O) groups excluding carboxylic acids is 1. The molecule has 0 saturated carbocycles. The summed E-state index contributed by atoms with van der Waals surface area (Å²) >= 11 is 0. The molecule has 0 atom stereocenters. The summed E-state index contributed by atoms with van der Waals surface area (Å²) in [5.74, 6) is -0.249. The van der Waals surface area contributed by atoms with Gasteiger partial charge in [-0.1, -0.05) is 12.1 Å². The van der Waals surface area contributed by atoms with Gasteiger partial charge in [0.2, 0.25) is 5.91 Å². The predicted molar refractivity (Wildman–Crippen MR) is 89.3 cm³/mol. The summed E-state index contributed by atoms with van der Waals surface area (Å²) in [6, 6.07) is 12.0. The molecule has 0 radical (unpaired) electrons. The van der Waals surface area contributed by atoms with Crippen LogP contribution < -0.4 is 10.1 Å². The molecular formula is C17H18FNO4S. The van der Waals surface area contributed by atoms with Gasteiger partial charge in [-0.2, -0.15) is 0 Å². The minimum Gasteiger partial charge on any atom is -0.494 e. The third-order valence-corrected chi connectivity index (χ3v) is 4.35. The molecule has 2 aromatic rings. The summed E-state index contributed by atoms with van der Waals surface area (Å²) < 4.78 is 41.5. The lowest BCUT2D eigenvalue weighted by molar-refractivity contribution is -0.116. The first-order chi connectivity index (χ1) is 11.4. The van der Waals surface area contributed by atoms with E-state index in [2.05, 4.69) is 5.32 Å². The van der Waals surface area contributed by atoms with E-state index in [9.17, 15) is 17.6 Å². The molecule has 0 spiro atoms. The van der Waals surface area contributed by atoms with E-state index in [0.717, 1.165) is 6.26 Å². The van der Waals surface area contributed by atoms with Gasteiger partial charge in [0.1, 0.15) is 11.6 Å². The number of ether oxygens (including phenoxy) is 1. The van der Waals surface area contributed by atoms with Gasteiger partial charge >= 0.3 is 0 Å². The Labute approximate surface area is 140 Å². The van der Waals surface area contributed by atoms with Crippen LogP contribution in [0.2, 0.25) is 0 Å². The fourth-order valence-corrected chi connectivity index (χ4v) is 2.61. The van der Waals surface area contributed by atoms with Crippen LogP contribution in [0.5, 0.6) is 5.75 Å². The molecule has 0 bridgehead atoms. The maximum Gasteiger partial charge on any atom is 0.224 e. The predicted octanol–water partition coefficient (Wildman–Crippen LogP) is 3.03. The molecule has 0 aliphatic heterocycles. The first-order valence-electron chi connectivity index (χ1n) is 7.33. The number of hydrogen-bond donors (Lipinski definition) is 1. The van der Waals surface area contributed by atoms with Gasteiger partial charge in [0.25, 0.3) is 0 Å². The highest BCUT2D eigenvalue weighted by Gasteiger charge is 2.08. The Bertz CT molecular complexity index is 804. The molecule has 0 aromatic heterocycles. The maximum absolute atomic E-state index is 13.4. The van der Waals surface area contributed by atoms with Crippen molar-refractivity contribution < 1.29 is 22.3 Å². The van der Waals surface area contributed by atoms with Crippen LogP contribution in [0.1, 0.15) is 12.8 Å². The zero-order valence-corrected chi connectivity index (χ0v) is 14.0. The van der Waals surface area contributed by atoms with Crippen LogP contribution in [0.25, 0.3) is 0 Å². The normalized spacial score (nSPS) is 11.1. The molecule has 0 unspecified atom stereocenters. The molecule has 0 fully saturated rings. The van der Waals surface area contributed by atoms with Crippen molar-refractivity contribution >= 4 is 21.4 Å². The summed E-state index contributed by atoms with van der Waals surface area (Å²) in [4.78, 5) is 12.0. The summed E-state index contributed by atoms with van der Waals surface area (Å²) in [6.45, 7) is 0.295. The largest absolute Gasteiger partial charge is 0.494 e. The van der Waals surface area contributed by atoms with Crippen LogP contribution in [-0.4, -0.2) is 27.2 Å². The number of benzene rings is 2. The fraction of sp³-hybridized carbons (Fsp3) is 0.235. The van der Waals surface area contributed by atoms with Gasteiger partial charge in [0.05, 0.1) is 17.2 Å². The van der Waals surface area contributed by atoms with Crippen molar-refractivity contribution in [1.29, 1.82) is 0 Å². The van der Waals surface area contributed by atoms with Crippen molar-refractivity contribution in [2.75, 3.05) is 18.2 Å². The van der Waals surface area contributed by atoms with E-state index in [1.165, 1.54) is 24.3 Å². The lowest BCUT2D eigenvalue weighted by Gasteiger charge is -2.08. The molecular weight excluding hydrogens is 333 g/mol. The number of para-hydroxylation sites is 1. The molecule has 0 saturated heterocycles. The number of anilines is 1. The molecule has 0 heterocycles. The Balaban J connectivity index is 1.75. The number of sulfone groups is 1. The number of hydrogen-bond acceptors (Lipinski definition) is 4. The summed E-state index contributed by atoms with van der Waals surface area (Å²) in [5.41, 5.74) is 0.153. The van der Waals surface area contributed by atoms with Gasteiger partial charge in [0, 0.05) is 12.7 Å². The number of amides is 1. The van der Waals surface area contributed by atoms with E-state index >= 15 is 0 Å². The maximum atomic E-state index is 13.4. The minimum atomic E-state index is -3.23. The van der Waals surface area contributed by atoms with Crippen molar-refractivity contribution in [2.24, 2.45) is 0 Å². The van der Waals surface area contributed by atoms with Gasteiger partial charge in [0.15, 0.2) is 9.84 Å². The van der Waals surface area contributed by atoms with E-state index in [1.807, 2.05) is 0 Å². The van der Waals surface area contributed by atoms with Crippen molar-refractivity contribution in [3.8, 4) is 5.75 Å². The smallest absolute Gasteiger partial charge is 0.224 e. The highest BCUT2D eigenvalue weighted by atomic mass is 32.2. The molecule has 7 heteroatoms. The minimum absolute atomic E-state index is 0.153. The fourth-order valence-electron chi connectivity index (χ4n) is 1.98. The molecule has 2 rings (SSSR count). The Morgan fingerprint density at radius 3 is 2.42 bits per heavy atom. The lowest BCUT2D eigenvalue weighted by Crippen LogP contribution is -2.13. The quantitative estimate of drug-likeness (QED) is 0.778. The monoisotopic (exact) mass is 351 g/mol. The van der Waals surface area contributed by atoms with Crippen molar-refractivity contribution in [3.05, 3.63) is 54.3 Å². The summed E-state index contributed by atoms with van der Waals surface area (Å²) in [6.07, 6.45) is 1.78. The third kappa shape index (κ3) is 5.34. The van der Waals surface area contributed by atoms with E-state index in [-0.39, 0.29) is 22.9 Å². The van der Waals surface area contributed by atoms with Crippen molar-refractivity contribution in [3.63, 3.8) is 0 Å². The molecule has 0 aliphatic carbocycles. The average molecular weight is 351 g/mol. The Kier molecular flexibility index (Phi) is 5.92. The molecule has 2 aromatic carbocycles. The Morgan fingerprint density at radius 2 is 1.79 bits per heavy atom. The standard InChI is InChI=1S/C17H18FNO4S/c1-24(21,22)14-10-8-13(9-11-14)23-12-4-7-17(20)19-16-6-3-2-5-15(16)18/h2-3,5-6,8-11H,4,7,12H2,1H3,(H,19,20). The molecule has 24 heavy (non-hydrogen) atoms. The topological polar surface area (TPSA) is 72.5 Å². The second-order valence-electron chi connectivity index (χ2n) is 5.22. The zero-order chi connectivity index (χ0) is 17.6. The van der Waals surface area contributed by atoms with E-state index < -0.39 is 15.7 Å². The SMILES string of the molecule is CS(=O)(=O)c1ccc(OCCCC(=O)Nc2ccccc2F)cc1. The van der Waals surface area contributed by atoms with E-state index in [0.29, 0.717) is 18.8 Å². The van der Waals surface area contributed by atoms with Crippen molar-refractivity contribution in [1.82, 2.24) is 0 Å². The van der Waals surface area contributed by atoms with E-state index in [1.54, 1.807) is 24.3 Å². The molecule has 5 nitrogen and oxygen atoms in total. The third-order valence-electron chi connectivity index (χ3n) is 3.22. The number of halogens is 1. The van der Waals surface area contributed by atoms with Crippen LogP contribution in [0, 0.1) is 5.82 Å².